The second-order valence-electron chi connectivity index (χ2n) is 8.31. The van der Waals surface area contributed by atoms with Crippen LogP contribution in [0.2, 0.25) is 0 Å². The average Bonchev–Trinajstić information content (AvgIpc) is 3.15. The highest BCUT2D eigenvalue weighted by Gasteiger charge is 2.25. The summed E-state index contributed by atoms with van der Waals surface area (Å²) in [5, 5.41) is 16.3. The molecule has 172 valence electrons. The van der Waals surface area contributed by atoms with Gasteiger partial charge in [-0.1, -0.05) is 19.6 Å². The van der Waals surface area contributed by atoms with Crippen LogP contribution >= 0.6 is 0 Å². The van der Waals surface area contributed by atoms with Crippen molar-refractivity contribution in [1.29, 1.82) is 0 Å². The fourth-order valence-corrected chi connectivity index (χ4v) is 4.42. The Bertz CT molecular complexity index is 1040. The van der Waals surface area contributed by atoms with Crippen molar-refractivity contribution in [2.24, 2.45) is 0 Å². The summed E-state index contributed by atoms with van der Waals surface area (Å²) in [5.41, 5.74) is 1.76. The van der Waals surface area contributed by atoms with Gasteiger partial charge in [0.15, 0.2) is 5.65 Å². The van der Waals surface area contributed by atoms with Gasteiger partial charge >= 0.3 is 0 Å². The molecule has 5 rings (SSSR count). The molecule has 0 bridgehead atoms. The van der Waals surface area contributed by atoms with Gasteiger partial charge in [-0.25, -0.2) is 14.4 Å². The number of fused-ring (bicyclic) bond motifs is 1. The molecule has 0 amide bonds. The summed E-state index contributed by atoms with van der Waals surface area (Å²) in [5.74, 6) is 0.778. The van der Waals surface area contributed by atoms with Crippen molar-refractivity contribution in [3.05, 3.63) is 36.3 Å². The number of anilines is 3. The summed E-state index contributed by atoms with van der Waals surface area (Å²) in [6.07, 6.45) is 6.54. The molecule has 1 saturated carbocycles. The predicted molar refractivity (Wildman–Crippen MR) is 123 cm³/mol. The van der Waals surface area contributed by atoms with Gasteiger partial charge in [0, 0.05) is 25.3 Å². The Balaban J connectivity index is 0.00000245. The van der Waals surface area contributed by atoms with Crippen LogP contribution in [0, 0.1) is 5.82 Å². The second kappa shape index (κ2) is 9.79. The van der Waals surface area contributed by atoms with Crippen molar-refractivity contribution < 1.29 is 14.2 Å². The van der Waals surface area contributed by atoms with E-state index in [1.165, 1.54) is 6.07 Å². The molecule has 8 nitrogen and oxygen atoms in total. The van der Waals surface area contributed by atoms with Gasteiger partial charge < -0.3 is 20.5 Å². The van der Waals surface area contributed by atoms with Crippen molar-refractivity contribution in [2.75, 3.05) is 23.8 Å². The molecule has 9 heteroatoms. The van der Waals surface area contributed by atoms with Gasteiger partial charge in [0.1, 0.15) is 11.3 Å². The maximum Gasteiger partial charge on any atom is 0.224 e. The van der Waals surface area contributed by atoms with E-state index < -0.39 is 0 Å². The third-order valence-corrected chi connectivity index (χ3v) is 6.14. The molecule has 3 heterocycles. The Kier molecular flexibility index (Phi) is 6.86. The van der Waals surface area contributed by atoms with E-state index in [1.807, 2.05) is 0 Å². The molecule has 2 aromatic heterocycles. The van der Waals surface area contributed by atoms with E-state index in [2.05, 4.69) is 25.2 Å². The number of rotatable bonds is 5. The highest BCUT2D eigenvalue weighted by molar-refractivity contribution is 5.76. The van der Waals surface area contributed by atoms with Gasteiger partial charge in [0.2, 0.25) is 11.9 Å². The molecular formula is C23H31FN6O2. The quantitative estimate of drug-likeness (QED) is 0.538. The molecule has 0 radical (unpaired) electrons. The van der Waals surface area contributed by atoms with Crippen LogP contribution in [0.1, 0.15) is 52.0 Å². The van der Waals surface area contributed by atoms with Gasteiger partial charge in [-0.2, -0.15) is 4.98 Å². The van der Waals surface area contributed by atoms with Crippen LogP contribution in [0.3, 0.4) is 0 Å². The van der Waals surface area contributed by atoms with Crippen LogP contribution in [-0.4, -0.2) is 50.0 Å². The Morgan fingerprint density at radius 1 is 1.03 bits per heavy atom. The Hall–Kier alpha value is -2.78. The lowest BCUT2D eigenvalue weighted by Gasteiger charge is -2.27. The van der Waals surface area contributed by atoms with Gasteiger partial charge in [0.05, 0.1) is 18.0 Å². The van der Waals surface area contributed by atoms with Crippen LogP contribution < -0.4 is 10.6 Å². The van der Waals surface area contributed by atoms with E-state index in [1.54, 1.807) is 24.4 Å². The fraction of sp³-hybridized carbons (Fsp3) is 0.522. The maximum atomic E-state index is 14.3. The number of aromatic nitrogens is 4. The topological polar surface area (TPSA) is 97.1 Å². The number of hydrogen-bond donors (Lipinski definition) is 3. The standard InChI is InChI=1S/C22H27FN6O2.CH4/c23-17-3-1-2-4-18(17)26-22-27-19-13-24-21(25-14-5-7-16(30)8-6-14)28-20(19)29(22)15-9-11-31-12-10-15;/h1-4,13-16,30H,5-12H2,(H,26,27)(H,24,25,28);1H4. The summed E-state index contributed by atoms with van der Waals surface area (Å²) < 4.78 is 21.9. The first-order chi connectivity index (χ1) is 15.2. The van der Waals surface area contributed by atoms with Crippen molar-refractivity contribution in [3.8, 4) is 0 Å². The molecule has 1 aliphatic heterocycles. The first-order valence-corrected chi connectivity index (χ1v) is 11.0. The zero-order valence-electron chi connectivity index (χ0n) is 17.3. The van der Waals surface area contributed by atoms with Gasteiger partial charge in [-0.15, -0.1) is 0 Å². The molecule has 2 fully saturated rings. The third-order valence-electron chi connectivity index (χ3n) is 6.14. The molecule has 2 aliphatic rings. The minimum Gasteiger partial charge on any atom is -0.393 e. The molecule has 0 spiro atoms. The van der Waals surface area contributed by atoms with Gasteiger partial charge in [-0.05, 0) is 50.7 Å². The first kappa shape index (κ1) is 22.4. The van der Waals surface area contributed by atoms with E-state index in [9.17, 15) is 9.50 Å². The monoisotopic (exact) mass is 442 g/mol. The molecule has 0 unspecified atom stereocenters. The SMILES string of the molecule is C.OC1CCC(Nc2ncc3nc(Nc4ccccc4F)n(C4CCOCC4)c3n2)CC1. The summed E-state index contributed by atoms with van der Waals surface area (Å²) >= 11 is 0. The van der Waals surface area contributed by atoms with E-state index in [4.69, 9.17) is 9.72 Å². The first-order valence-electron chi connectivity index (χ1n) is 11.0. The lowest BCUT2D eigenvalue weighted by atomic mass is 9.93. The summed E-state index contributed by atoms with van der Waals surface area (Å²) in [6.45, 7) is 1.34. The molecule has 0 atom stereocenters. The lowest BCUT2D eigenvalue weighted by Crippen LogP contribution is -2.29. The molecule has 1 aliphatic carbocycles. The van der Waals surface area contributed by atoms with E-state index >= 15 is 0 Å². The molecule has 1 saturated heterocycles. The smallest absolute Gasteiger partial charge is 0.224 e. The van der Waals surface area contributed by atoms with Crippen LogP contribution in [0.4, 0.5) is 22.0 Å². The summed E-state index contributed by atoms with van der Waals surface area (Å²) in [7, 11) is 0. The highest BCUT2D eigenvalue weighted by atomic mass is 19.1. The van der Waals surface area contributed by atoms with Crippen LogP contribution in [0.25, 0.3) is 11.2 Å². The van der Waals surface area contributed by atoms with Gasteiger partial charge in [0.25, 0.3) is 0 Å². The normalized spacial score (nSPS) is 21.8. The zero-order valence-corrected chi connectivity index (χ0v) is 17.3. The van der Waals surface area contributed by atoms with Crippen LogP contribution in [-0.2, 0) is 4.74 Å². The number of nitrogens with one attached hydrogen (secondary N) is 2. The van der Waals surface area contributed by atoms with Crippen LogP contribution in [0.15, 0.2) is 30.5 Å². The maximum absolute atomic E-state index is 14.3. The lowest BCUT2D eigenvalue weighted by molar-refractivity contribution is 0.0710. The number of para-hydroxylation sites is 1. The number of imidazole rings is 1. The number of aliphatic hydroxyl groups excluding tert-OH is 1. The molecule has 3 N–H and O–H groups in total. The molecule has 3 aromatic rings. The number of nitrogens with zero attached hydrogens (tertiary/aromatic N) is 4. The Labute approximate surface area is 187 Å². The average molecular weight is 443 g/mol. The van der Waals surface area contributed by atoms with Crippen molar-refractivity contribution >= 4 is 28.7 Å². The Morgan fingerprint density at radius 3 is 2.53 bits per heavy atom. The number of hydrogen-bond acceptors (Lipinski definition) is 7. The number of aliphatic hydroxyl groups is 1. The highest BCUT2D eigenvalue weighted by Crippen LogP contribution is 2.32. The van der Waals surface area contributed by atoms with Crippen LogP contribution in [0.5, 0.6) is 0 Å². The summed E-state index contributed by atoms with van der Waals surface area (Å²) in [4.78, 5) is 13.9. The third kappa shape index (κ3) is 4.68. The van der Waals surface area contributed by atoms with Gasteiger partial charge in [-0.3, -0.25) is 4.57 Å². The number of halogens is 1. The van der Waals surface area contributed by atoms with E-state index in [-0.39, 0.29) is 31.4 Å². The largest absolute Gasteiger partial charge is 0.393 e. The fourth-order valence-electron chi connectivity index (χ4n) is 4.42. The second-order valence-corrected chi connectivity index (χ2v) is 8.31. The van der Waals surface area contributed by atoms with Crippen molar-refractivity contribution in [1.82, 2.24) is 19.5 Å². The van der Waals surface area contributed by atoms with E-state index in [0.717, 1.165) is 44.2 Å². The molecule has 32 heavy (non-hydrogen) atoms. The Morgan fingerprint density at radius 2 is 1.78 bits per heavy atom. The molecule has 1 aromatic carbocycles. The van der Waals surface area contributed by atoms with Crippen molar-refractivity contribution in [3.63, 3.8) is 0 Å². The van der Waals surface area contributed by atoms with E-state index in [0.29, 0.717) is 36.3 Å². The minimum atomic E-state index is -0.332. The number of benzene rings is 1. The molecular weight excluding hydrogens is 411 g/mol. The predicted octanol–water partition coefficient (Wildman–Crippen LogP) is 4.41. The summed E-state index contributed by atoms with van der Waals surface area (Å²) in [6, 6.07) is 6.97. The van der Waals surface area contributed by atoms with Crippen molar-refractivity contribution in [2.45, 2.75) is 64.1 Å². The minimum absolute atomic E-state index is 0. The number of ether oxygens (including phenoxy) is 1. The zero-order chi connectivity index (χ0) is 21.2.